The van der Waals surface area contributed by atoms with Gasteiger partial charge in [-0.1, -0.05) is 22.0 Å². The van der Waals surface area contributed by atoms with Crippen molar-refractivity contribution < 1.29 is 4.79 Å². The van der Waals surface area contributed by atoms with Crippen LogP contribution in [0, 0.1) is 0 Å². The van der Waals surface area contributed by atoms with E-state index in [0.29, 0.717) is 12.6 Å². The van der Waals surface area contributed by atoms with Gasteiger partial charge < -0.3 is 15.5 Å². The van der Waals surface area contributed by atoms with Gasteiger partial charge in [0.15, 0.2) is 0 Å². The molecule has 5 heteroatoms. The molecule has 20 heavy (non-hydrogen) atoms. The zero-order valence-electron chi connectivity index (χ0n) is 12.1. The Morgan fingerprint density at radius 2 is 2.20 bits per heavy atom. The van der Waals surface area contributed by atoms with E-state index in [9.17, 15) is 4.79 Å². The summed E-state index contributed by atoms with van der Waals surface area (Å²) in [6, 6.07) is 7.01. The van der Waals surface area contributed by atoms with Crippen LogP contribution in [0.1, 0.15) is 25.3 Å². The summed E-state index contributed by atoms with van der Waals surface area (Å²) in [5, 5.41) is 6.17. The molecule has 0 atom stereocenters. The summed E-state index contributed by atoms with van der Waals surface area (Å²) < 4.78 is 1.10. The average molecular weight is 340 g/mol. The minimum Gasteiger partial charge on any atom is -0.362 e. The fourth-order valence-corrected chi connectivity index (χ4v) is 2.56. The van der Waals surface area contributed by atoms with Crippen molar-refractivity contribution in [3.63, 3.8) is 0 Å². The fraction of sp³-hybridized carbons (Fsp3) is 0.533. The van der Waals surface area contributed by atoms with Gasteiger partial charge >= 0.3 is 0 Å². The molecule has 1 saturated carbocycles. The van der Waals surface area contributed by atoms with Crippen molar-refractivity contribution in [3.8, 4) is 0 Å². The molecule has 1 fully saturated rings. The number of rotatable bonds is 7. The Labute approximate surface area is 129 Å². The zero-order chi connectivity index (χ0) is 14.5. The number of hydrogen-bond donors (Lipinski definition) is 2. The lowest BCUT2D eigenvalue weighted by molar-refractivity contribution is -0.119. The highest BCUT2D eigenvalue weighted by atomic mass is 79.9. The molecule has 0 saturated heterocycles. The van der Waals surface area contributed by atoms with Crippen molar-refractivity contribution in [3.05, 3.63) is 28.2 Å². The molecule has 110 valence electrons. The molecule has 0 aliphatic heterocycles. The van der Waals surface area contributed by atoms with Crippen molar-refractivity contribution in [2.24, 2.45) is 0 Å². The van der Waals surface area contributed by atoms with Crippen LogP contribution in [0.5, 0.6) is 0 Å². The molecule has 0 spiro atoms. The minimum atomic E-state index is 0.0300. The summed E-state index contributed by atoms with van der Waals surface area (Å²) in [5.74, 6) is 0.0300. The Kier molecular flexibility index (Phi) is 5.43. The molecule has 1 aliphatic carbocycles. The quantitative estimate of drug-likeness (QED) is 0.800. The molecular formula is C15H22BrN3O. The Hall–Kier alpha value is -1.07. The lowest BCUT2D eigenvalue weighted by Crippen LogP contribution is -2.35. The summed E-state index contributed by atoms with van der Waals surface area (Å²) in [4.78, 5) is 13.6. The van der Waals surface area contributed by atoms with Crippen LogP contribution in [-0.2, 0) is 11.3 Å². The molecule has 1 aliphatic rings. The SMILES string of the molecule is CCN(CC(=O)NC)c1ccc(CNC2CC2)c(Br)c1. The first-order valence-corrected chi connectivity index (χ1v) is 7.90. The topological polar surface area (TPSA) is 44.4 Å². The van der Waals surface area contributed by atoms with Crippen LogP contribution in [0.25, 0.3) is 0 Å². The summed E-state index contributed by atoms with van der Waals surface area (Å²) in [6.45, 7) is 4.14. The van der Waals surface area contributed by atoms with E-state index in [4.69, 9.17) is 0 Å². The van der Waals surface area contributed by atoms with Gasteiger partial charge in [-0.25, -0.2) is 0 Å². The number of nitrogens with zero attached hydrogens (tertiary/aromatic N) is 1. The standard InChI is InChI=1S/C15H22BrN3O/c1-3-19(10-15(20)17-2)13-7-4-11(14(16)8-13)9-18-12-5-6-12/h4,7-8,12,18H,3,5-6,9-10H2,1-2H3,(H,17,20). The van der Waals surface area contributed by atoms with Crippen LogP contribution in [0.4, 0.5) is 5.69 Å². The van der Waals surface area contributed by atoms with Gasteiger partial charge in [0.05, 0.1) is 6.54 Å². The van der Waals surface area contributed by atoms with Crippen LogP contribution in [0.15, 0.2) is 22.7 Å². The lowest BCUT2D eigenvalue weighted by atomic mass is 10.2. The van der Waals surface area contributed by atoms with Gasteiger partial charge in [0, 0.05) is 36.3 Å². The second-order valence-corrected chi connectivity index (χ2v) is 5.97. The van der Waals surface area contributed by atoms with E-state index in [0.717, 1.165) is 23.2 Å². The third kappa shape index (κ3) is 4.21. The zero-order valence-corrected chi connectivity index (χ0v) is 13.7. The average Bonchev–Trinajstić information content (AvgIpc) is 3.27. The van der Waals surface area contributed by atoms with Gasteiger partial charge in [0.2, 0.25) is 5.91 Å². The Bertz CT molecular complexity index is 474. The van der Waals surface area contributed by atoms with Gasteiger partial charge in [-0.3, -0.25) is 4.79 Å². The normalized spacial score (nSPS) is 14.2. The molecule has 2 N–H and O–H groups in total. The van der Waals surface area contributed by atoms with Crippen LogP contribution in [0.2, 0.25) is 0 Å². The number of carbonyl (C=O) groups excluding carboxylic acids is 1. The van der Waals surface area contributed by atoms with E-state index in [2.05, 4.69) is 56.6 Å². The summed E-state index contributed by atoms with van der Waals surface area (Å²) in [6.07, 6.45) is 2.59. The molecule has 0 radical (unpaired) electrons. The van der Waals surface area contributed by atoms with Crippen LogP contribution >= 0.6 is 15.9 Å². The van der Waals surface area contributed by atoms with Crippen molar-refractivity contribution in [1.82, 2.24) is 10.6 Å². The molecule has 0 aromatic heterocycles. The maximum absolute atomic E-state index is 11.5. The van der Waals surface area contributed by atoms with Crippen molar-refractivity contribution in [1.29, 1.82) is 0 Å². The summed E-state index contributed by atoms with van der Waals surface area (Å²) >= 11 is 3.63. The van der Waals surface area contributed by atoms with Gasteiger partial charge in [-0.05, 0) is 37.5 Å². The monoisotopic (exact) mass is 339 g/mol. The number of nitrogens with one attached hydrogen (secondary N) is 2. The second kappa shape index (κ2) is 7.09. The molecule has 0 bridgehead atoms. The molecule has 1 aromatic rings. The predicted molar refractivity (Wildman–Crippen MR) is 86.0 cm³/mol. The van der Waals surface area contributed by atoms with Gasteiger partial charge in [0.25, 0.3) is 0 Å². The van der Waals surface area contributed by atoms with Crippen LogP contribution in [0.3, 0.4) is 0 Å². The maximum atomic E-state index is 11.5. The third-order valence-corrected chi connectivity index (χ3v) is 4.29. The Morgan fingerprint density at radius 3 is 2.75 bits per heavy atom. The van der Waals surface area contributed by atoms with Gasteiger partial charge in [-0.2, -0.15) is 0 Å². The van der Waals surface area contributed by atoms with E-state index in [1.54, 1.807) is 7.05 Å². The van der Waals surface area contributed by atoms with E-state index in [1.165, 1.54) is 18.4 Å². The van der Waals surface area contributed by atoms with Crippen LogP contribution in [-0.4, -0.2) is 32.1 Å². The molecular weight excluding hydrogens is 318 g/mol. The van der Waals surface area contributed by atoms with Crippen molar-refractivity contribution in [2.75, 3.05) is 25.0 Å². The fourth-order valence-electron chi connectivity index (χ4n) is 2.06. The van der Waals surface area contributed by atoms with Crippen molar-refractivity contribution >= 4 is 27.5 Å². The first-order chi connectivity index (χ1) is 9.63. The highest BCUT2D eigenvalue weighted by molar-refractivity contribution is 9.10. The summed E-state index contributed by atoms with van der Waals surface area (Å²) in [7, 11) is 1.67. The highest BCUT2D eigenvalue weighted by Crippen LogP contribution is 2.26. The van der Waals surface area contributed by atoms with Crippen LogP contribution < -0.4 is 15.5 Å². The van der Waals surface area contributed by atoms with E-state index in [-0.39, 0.29) is 5.91 Å². The number of hydrogen-bond acceptors (Lipinski definition) is 3. The number of halogens is 1. The molecule has 1 amide bonds. The summed E-state index contributed by atoms with van der Waals surface area (Å²) in [5.41, 5.74) is 2.33. The minimum absolute atomic E-state index is 0.0300. The smallest absolute Gasteiger partial charge is 0.239 e. The molecule has 2 rings (SSSR count). The molecule has 1 aromatic carbocycles. The lowest BCUT2D eigenvalue weighted by Gasteiger charge is -2.23. The molecule has 0 unspecified atom stereocenters. The number of likely N-dealkylation sites (N-methyl/N-ethyl adjacent to an activating group) is 2. The second-order valence-electron chi connectivity index (χ2n) is 5.12. The number of anilines is 1. The molecule has 0 heterocycles. The Balaban J connectivity index is 2.03. The highest BCUT2D eigenvalue weighted by Gasteiger charge is 2.20. The number of amides is 1. The number of benzene rings is 1. The van der Waals surface area contributed by atoms with E-state index < -0.39 is 0 Å². The Morgan fingerprint density at radius 1 is 1.45 bits per heavy atom. The largest absolute Gasteiger partial charge is 0.362 e. The van der Waals surface area contributed by atoms with E-state index in [1.807, 2.05) is 0 Å². The first kappa shape index (κ1) is 15.3. The van der Waals surface area contributed by atoms with Gasteiger partial charge in [-0.15, -0.1) is 0 Å². The van der Waals surface area contributed by atoms with Gasteiger partial charge in [0.1, 0.15) is 0 Å². The van der Waals surface area contributed by atoms with Crippen molar-refractivity contribution in [2.45, 2.75) is 32.4 Å². The third-order valence-electron chi connectivity index (χ3n) is 3.56. The van der Waals surface area contributed by atoms with E-state index >= 15 is 0 Å². The first-order valence-electron chi connectivity index (χ1n) is 7.11. The molecule has 4 nitrogen and oxygen atoms in total. The maximum Gasteiger partial charge on any atom is 0.239 e. The predicted octanol–water partition coefficient (Wildman–Crippen LogP) is 2.27. The number of carbonyl (C=O) groups is 1.